The van der Waals surface area contributed by atoms with Gasteiger partial charge >= 0.3 is 6.36 Å². The highest BCUT2D eigenvalue weighted by atomic mass is 35.5. The largest absolute Gasteiger partial charge is 0.573 e. The topological polar surface area (TPSA) is 21.3 Å². The van der Waals surface area contributed by atoms with Crippen LogP contribution in [0.4, 0.5) is 23.2 Å². The van der Waals surface area contributed by atoms with Gasteiger partial charge in [-0.2, -0.15) is 0 Å². The van der Waals surface area contributed by atoms with E-state index in [9.17, 15) is 17.6 Å². The van der Waals surface area contributed by atoms with E-state index in [1.54, 1.807) is 6.07 Å². The molecule has 0 aliphatic carbocycles. The molecule has 7 heteroatoms. The van der Waals surface area contributed by atoms with Crippen molar-refractivity contribution in [3.63, 3.8) is 0 Å². The molecule has 0 radical (unpaired) electrons. The van der Waals surface area contributed by atoms with Crippen molar-refractivity contribution in [1.29, 1.82) is 0 Å². The first kappa shape index (κ1) is 15.4. The lowest BCUT2D eigenvalue weighted by Gasteiger charge is -2.10. The zero-order chi connectivity index (χ0) is 15.5. The van der Waals surface area contributed by atoms with E-state index in [-0.39, 0.29) is 10.8 Å². The van der Waals surface area contributed by atoms with Crippen LogP contribution in [0.1, 0.15) is 5.56 Å². The van der Waals surface area contributed by atoms with E-state index in [0.29, 0.717) is 12.2 Å². The predicted octanol–water partition coefficient (Wildman–Crippen LogP) is 4.99. The van der Waals surface area contributed by atoms with Gasteiger partial charge in [-0.3, -0.25) is 0 Å². The molecule has 2 aromatic rings. The van der Waals surface area contributed by atoms with E-state index in [4.69, 9.17) is 11.6 Å². The van der Waals surface area contributed by atoms with Crippen molar-refractivity contribution in [2.75, 3.05) is 5.32 Å². The molecule has 0 bridgehead atoms. The molecule has 0 aliphatic heterocycles. The molecular formula is C14H10ClF4NO. The highest BCUT2D eigenvalue weighted by Gasteiger charge is 2.30. The fourth-order valence-electron chi connectivity index (χ4n) is 1.62. The minimum Gasteiger partial charge on any atom is -0.406 e. The van der Waals surface area contributed by atoms with Crippen molar-refractivity contribution < 1.29 is 22.3 Å². The first-order valence-corrected chi connectivity index (χ1v) is 6.25. The third-order valence-electron chi connectivity index (χ3n) is 2.57. The van der Waals surface area contributed by atoms with Gasteiger partial charge in [0.15, 0.2) is 0 Å². The molecule has 0 aromatic heterocycles. The average Bonchev–Trinajstić information content (AvgIpc) is 2.40. The van der Waals surface area contributed by atoms with Crippen molar-refractivity contribution in [2.45, 2.75) is 12.9 Å². The van der Waals surface area contributed by atoms with Crippen LogP contribution in [0.25, 0.3) is 0 Å². The van der Waals surface area contributed by atoms with E-state index < -0.39 is 12.2 Å². The Morgan fingerprint density at radius 3 is 2.29 bits per heavy atom. The van der Waals surface area contributed by atoms with Crippen LogP contribution < -0.4 is 10.1 Å². The van der Waals surface area contributed by atoms with Crippen molar-refractivity contribution in [2.24, 2.45) is 0 Å². The zero-order valence-corrected chi connectivity index (χ0v) is 11.3. The third kappa shape index (κ3) is 4.82. The summed E-state index contributed by atoms with van der Waals surface area (Å²) in [7, 11) is 0. The summed E-state index contributed by atoms with van der Waals surface area (Å²) in [5.74, 6) is -0.834. The number of anilines is 1. The van der Waals surface area contributed by atoms with E-state index in [2.05, 4.69) is 10.1 Å². The van der Waals surface area contributed by atoms with E-state index in [1.165, 1.54) is 36.4 Å². The smallest absolute Gasteiger partial charge is 0.406 e. The normalized spacial score (nSPS) is 11.3. The second-order valence-electron chi connectivity index (χ2n) is 4.17. The fourth-order valence-corrected chi connectivity index (χ4v) is 1.74. The SMILES string of the molecule is Fc1cc(NCc2ccc(OC(F)(F)F)cc2)ccc1Cl. The Balaban J connectivity index is 1.96. The van der Waals surface area contributed by atoms with Crippen molar-refractivity contribution in [3.8, 4) is 5.75 Å². The summed E-state index contributed by atoms with van der Waals surface area (Å²) in [4.78, 5) is 0. The number of hydrogen-bond acceptors (Lipinski definition) is 2. The molecule has 2 aromatic carbocycles. The van der Waals surface area contributed by atoms with Gasteiger partial charge < -0.3 is 10.1 Å². The summed E-state index contributed by atoms with van der Waals surface area (Å²) in [6.45, 7) is 0.327. The first-order chi connectivity index (χ1) is 9.83. The molecule has 2 rings (SSSR count). The van der Waals surface area contributed by atoms with Crippen LogP contribution in [-0.4, -0.2) is 6.36 Å². The Morgan fingerprint density at radius 1 is 1.05 bits per heavy atom. The van der Waals surface area contributed by atoms with Gasteiger partial charge in [-0.1, -0.05) is 23.7 Å². The summed E-state index contributed by atoms with van der Waals surface area (Å²) in [5, 5.41) is 2.96. The van der Waals surface area contributed by atoms with E-state index in [0.717, 1.165) is 5.56 Å². The average molecular weight is 320 g/mol. The molecule has 0 unspecified atom stereocenters. The van der Waals surface area contributed by atoms with Crippen LogP contribution in [0, 0.1) is 5.82 Å². The molecule has 0 amide bonds. The van der Waals surface area contributed by atoms with Gasteiger partial charge in [0.2, 0.25) is 0 Å². The molecule has 0 saturated heterocycles. The molecular weight excluding hydrogens is 310 g/mol. The fraction of sp³-hybridized carbons (Fsp3) is 0.143. The Bertz CT molecular complexity index is 613. The minimum atomic E-state index is -4.71. The lowest BCUT2D eigenvalue weighted by Crippen LogP contribution is -2.17. The first-order valence-electron chi connectivity index (χ1n) is 5.87. The Kier molecular flexibility index (Phi) is 4.57. The standard InChI is InChI=1S/C14H10ClF4NO/c15-12-6-3-10(7-13(12)16)20-8-9-1-4-11(5-2-9)21-14(17,18)19/h1-7,20H,8H2. The number of benzene rings is 2. The lowest BCUT2D eigenvalue weighted by atomic mass is 10.2. The molecule has 112 valence electrons. The van der Waals surface area contributed by atoms with Gasteiger partial charge in [-0.15, -0.1) is 13.2 Å². The number of halogens is 5. The second kappa shape index (κ2) is 6.22. The van der Waals surface area contributed by atoms with Crippen LogP contribution in [0.15, 0.2) is 42.5 Å². The highest BCUT2D eigenvalue weighted by Crippen LogP contribution is 2.23. The lowest BCUT2D eigenvalue weighted by molar-refractivity contribution is -0.274. The molecule has 1 N–H and O–H groups in total. The zero-order valence-electron chi connectivity index (χ0n) is 10.5. The molecule has 0 aliphatic rings. The summed E-state index contributed by atoms with van der Waals surface area (Å²) in [6, 6.07) is 9.66. The van der Waals surface area contributed by atoms with Crippen LogP contribution >= 0.6 is 11.6 Å². The number of rotatable bonds is 4. The molecule has 0 saturated carbocycles. The maximum Gasteiger partial charge on any atom is 0.573 e. The summed E-state index contributed by atoms with van der Waals surface area (Å²) in [6.07, 6.45) is -4.71. The van der Waals surface area contributed by atoms with Crippen molar-refractivity contribution >= 4 is 17.3 Å². The van der Waals surface area contributed by atoms with Gasteiger partial charge in [-0.25, -0.2) is 4.39 Å². The summed E-state index contributed by atoms with van der Waals surface area (Å²) < 4.78 is 53.0. The highest BCUT2D eigenvalue weighted by molar-refractivity contribution is 6.30. The summed E-state index contributed by atoms with van der Waals surface area (Å²) in [5.41, 5.74) is 1.24. The summed E-state index contributed by atoms with van der Waals surface area (Å²) >= 11 is 5.56. The van der Waals surface area contributed by atoms with Crippen LogP contribution in [0.2, 0.25) is 5.02 Å². The molecule has 0 fully saturated rings. The van der Waals surface area contributed by atoms with Crippen LogP contribution in [0.5, 0.6) is 5.75 Å². The number of nitrogens with one attached hydrogen (secondary N) is 1. The number of hydrogen-bond donors (Lipinski definition) is 1. The maximum absolute atomic E-state index is 13.2. The molecule has 0 spiro atoms. The van der Waals surface area contributed by atoms with Gasteiger partial charge in [-0.05, 0) is 35.9 Å². The van der Waals surface area contributed by atoms with E-state index >= 15 is 0 Å². The Hall–Kier alpha value is -1.95. The van der Waals surface area contributed by atoms with Gasteiger partial charge in [0.25, 0.3) is 0 Å². The molecule has 21 heavy (non-hydrogen) atoms. The van der Waals surface area contributed by atoms with Crippen LogP contribution in [0.3, 0.4) is 0 Å². The van der Waals surface area contributed by atoms with Gasteiger partial charge in [0, 0.05) is 12.2 Å². The molecule has 2 nitrogen and oxygen atoms in total. The molecule has 0 heterocycles. The van der Waals surface area contributed by atoms with Gasteiger partial charge in [0.05, 0.1) is 5.02 Å². The van der Waals surface area contributed by atoms with Crippen molar-refractivity contribution in [1.82, 2.24) is 0 Å². The monoisotopic (exact) mass is 319 g/mol. The van der Waals surface area contributed by atoms with Gasteiger partial charge in [0.1, 0.15) is 11.6 Å². The maximum atomic E-state index is 13.2. The van der Waals surface area contributed by atoms with Crippen LogP contribution in [-0.2, 0) is 6.54 Å². The van der Waals surface area contributed by atoms with Crippen molar-refractivity contribution in [3.05, 3.63) is 58.9 Å². The Labute approximate surface area is 123 Å². The quantitative estimate of drug-likeness (QED) is 0.802. The predicted molar refractivity (Wildman–Crippen MR) is 71.9 cm³/mol. The Morgan fingerprint density at radius 2 is 1.71 bits per heavy atom. The molecule has 0 atom stereocenters. The van der Waals surface area contributed by atoms with E-state index in [1.807, 2.05) is 0 Å². The number of ether oxygens (including phenoxy) is 1. The number of alkyl halides is 3. The minimum absolute atomic E-state index is 0.0224. The second-order valence-corrected chi connectivity index (χ2v) is 4.58. The third-order valence-corrected chi connectivity index (χ3v) is 2.88.